The van der Waals surface area contributed by atoms with Crippen molar-refractivity contribution in [2.75, 3.05) is 24.7 Å². The fourth-order valence-corrected chi connectivity index (χ4v) is 4.66. The highest BCUT2D eigenvalue weighted by Gasteiger charge is 2.57. The van der Waals surface area contributed by atoms with Gasteiger partial charge in [0.2, 0.25) is 5.91 Å². The Kier molecular flexibility index (Phi) is 3.71. The van der Waals surface area contributed by atoms with Crippen molar-refractivity contribution in [2.45, 2.75) is 12.0 Å². The first kappa shape index (κ1) is 17.8. The number of nitriles is 1. The number of ether oxygens (including phenoxy) is 3. The van der Waals surface area contributed by atoms with Gasteiger partial charge in [0.15, 0.2) is 11.5 Å². The van der Waals surface area contributed by atoms with Gasteiger partial charge in [-0.05, 0) is 29.8 Å². The molecule has 0 aliphatic carbocycles. The van der Waals surface area contributed by atoms with E-state index < -0.39 is 5.41 Å². The molecule has 1 atom stereocenters. The zero-order chi connectivity index (χ0) is 21.0. The second kappa shape index (κ2) is 6.47. The fraction of sp³-hybridized carbons (Fsp3) is 0.208. The molecule has 1 aromatic heterocycles. The van der Waals surface area contributed by atoms with E-state index in [9.17, 15) is 10.1 Å². The van der Waals surface area contributed by atoms with Crippen LogP contribution in [0.5, 0.6) is 17.2 Å². The van der Waals surface area contributed by atoms with Gasteiger partial charge >= 0.3 is 0 Å². The highest BCUT2D eigenvalue weighted by Crippen LogP contribution is 2.54. The van der Waals surface area contributed by atoms with E-state index in [2.05, 4.69) is 11.1 Å². The normalized spacial score (nSPS) is 20.2. The minimum atomic E-state index is -0.950. The molecule has 0 N–H and O–H groups in total. The average Bonchev–Trinajstić information content (AvgIpc) is 3.30. The number of anilines is 1. The number of amides is 1. The number of rotatable bonds is 2. The first-order chi connectivity index (χ1) is 15.2. The lowest BCUT2D eigenvalue weighted by molar-refractivity contribution is -0.122. The Balaban J connectivity index is 1.48. The summed E-state index contributed by atoms with van der Waals surface area (Å²) >= 11 is 0. The molecule has 3 aliphatic rings. The summed E-state index contributed by atoms with van der Waals surface area (Å²) in [5.41, 5.74) is 2.53. The predicted molar refractivity (Wildman–Crippen MR) is 110 cm³/mol. The Morgan fingerprint density at radius 2 is 1.77 bits per heavy atom. The second-order valence-electron chi connectivity index (χ2n) is 7.72. The van der Waals surface area contributed by atoms with Gasteiger partial charge in [-0.15, -0.1) is 0 Å². The van der Waals surface area contributed by atoms with Crippen LogP contribution in [0.1, 0.15) is 22.5 Å². The smallest absolute Gasteiger partial charge is 0.246 e. The van der Waals surface area contributed by atoms with Crippen LogP contribution < -0.4 is 19.1 Å². The number of pyridine rings is 1. The highest BCUT2D eigenvalue weighted by atomic mass is 16.6. The fourth-order valence-electron chi connectivity index (χ4n) is 4.66. The van der Waals surface area contributed by atoms with Crippen molar-refractivity contribution >= 4 is 11.6 Å². The molecule has 3 aliphatic heterocycles. The lowest BCUT2D eigenvalue weighted by atomic mass is 9.77. The molecule has 2 aromatic carbocycles. The summed E-state index contributed by atoms with van der Waals surface area (Å²) in [4.78, 5) is 20.0. The van der Waals surface area contributed by atoms with Crippen LogP contribution in [0, 0.1) is 11.3 Å². The van der Waals surface area contributed by atoms with Gasteiger partial charge in [0.05, 0.1) is 12.2 Å². The van der Waals surface area contributed by atoms with E-state index in [0.29, 0.717) is 41.9 Å². The van der Waals surface area contributed by atoms with Crippen molar-refractivity contribution < 1.29 is 19.0 Å². The molecule has 1 spiro atoms. The number of hydrogen-bond acceptors (Lipinski definition) is 6. The van der Waals surface area contributed by atoms with Crippen molar-refractivity contribution in [3.05, 3.63) is 77.1 Å². The molecule has 3 aromatic rings. The van der Waals surface area contributed by atoms with Gasteiger partial charge in [-0.3, -0.25) is 4.79 Å². The number of aromatic nitrogens is 1. The molecular weight excluding hydrogens is 394 g/mol. The number of nitrogens with zero attached hydrogens (tertiary/aromatic N) is 3. The summed E-state index contributed by atoms with van der Waals surface area (Å²) < 4.78 is 17.5. The molecule has 0 saturated heterocycles. The van der Waals surface area contributed by atoms with E-state index in [0.717, 1.165) is 16.8 Å². The zero-order valence-corrected chi connectivity index (χ0v) is 16.5. The number of carbonyl (C=O) groups excluding carboxylic acids is 1. The third kappa shape index (κ3) is 2.45. The van der Waals surface area contributed by atoms with Crippen LogP contribution in [0.25, 0.3) is 0 Å². The van der Waals surface area contributed by atoms with Crippen LogP contribution in [0.4, 0.5) is 5.69 Å². The van der Waals surface area contributed by atoms with Gasteiger partial charge in [-0.1, -0.05) is 24.3 Å². The Morgan fingerprint density at radius 1 is 0.968 bits per heavy atom. The molecular formula is C24H17N3O4. The molecule has 1 amide bonds. The molecule has 7 nitrogen and oxygen atoms in total. The number of benzene rings is 2. The van der Waals surface area contributed by atoms with Crippen LogP contribution in [0.3, 0.4) is 0 Å². The maximum atomic E-state index is 14.0. The van der Waals surface area contributed by atoms with Crippen molar-refractivity contribution in [2.24, 2.45) is 0 Å². The summed E-state index contributed by atoms with van der Waals surface area (Å²) in [7, 11) is 0. The topological polar surface area (TPSA) is 84.7 Å². The van der Waals surface area contributed by atoms with Crippen molar-refractivity contribution in [1.82, 2.24) is 4.98 Å². The first-order valence-electron chi connectivity index (χ1n) is 10.0. The lowest BCUT2D eigenvalue weighted by Gasteiger charge is -2.24. The number of carbonyl (C=O) groups is 1. The van der Waals surface area contributed by atoms with E-state index in [4.69, 9.17) is 14.2 Å². The molecule has 0 radical (unpaired) electrons. The number of fused-ring (bicyclic) bond motifs is 5. The molecule has 0 fully saturated rings. The SMILES string of the molecule is N#Cc1cccc(CN2C(=O)C3(COc4cc5c(cc43)OCCO5)c3ccccc32)n1. The van der Waals surface area contributed by atoms with Crippen LogP contribution >= 0.6 is 0 Å². The molecule has 4 heterocycles. The average molecular weight is 411 g/mol. The maximum Gasteiger partial charge on any atom is 0.246 e. The molecule has 152 valence electrons. The third-order valence-electron chi connectivity index (χ3n) is 6.05. The van der Waals surface area contributed by atoms with Crippen molar-refractivity contribution in [1.29, 1.82) is 5.26 Å². The van der Waals surface area contributed by atoms with E-state index in [1.807, 2.05) is 42.5 Å². The predicted octanol–water partition coefficient (Wildman–Crippen LogP) is 2.95. The van der Waals surface area contributed by atoms with Crippen LogP contribution in [-0.2, 0) is 16.8 Å². The quantitative estimate of drug-likeness (QED) is 0.645. The minimum Gasteiger partial charge on any atom is -0.491 e. The summed E-state index contributed by atoms with van der Waals surface area (Å²) in [5, 5.41) is 9.17. The Bertz CT molecular complexity index is 1280. The van der Waals surface area contributed by atoms with Gasteiger partial charge in [0.25, 0.3) is 0 Å². The van der Waals surface area contributed by atoms with Gasteiger partial charge in [-0.25, -0.2) is 4.98 Å². The molecule has 7 heteroatoms. The zero-order valence-electron chi connectivity index (χ0n) is 16.5. The van der Waals surface area contributed by atoms with E-state index >= 15 is 0 Å². The second-order valence-corrected chi connectivity index (χ2v) is 7.72. The summed E-state index contributed by atoms with van der Waals surface area (Å²) in [6.07, 6.45) is 0. The Labute approximate surface area is 178 Å². The number of para-hydroxylation sites is 1. The summed E-state index contributed by atoms with van der Waals surface area (Å²) in [6.45, 7) is 1.44. The molecule has 0 bridgehead atoms. The van der Waals surface area contributed by atoms with E-state index in [1.165, 1.54) is 0 Å². The van der Waals surface area contributed by atoms with Crippen LogP contribution in [0.2, 0.25) is 0 Å². The number of hydrogen-bond donors (Lipinski definition) is 0. The molecule has 0 saturated carbocycles. The van der Waals surface area contributed by atoms with E-state index in [1.54, 1.807) is 17.0 Å². The molecule has 31 heavy (non-hydrogen) atoms. The minimum absolute atomic E-state index is 0.0757. The third-order valence-corrected chi connectivity index (χ3v) is 6.05. The monoisotopic (exact) mass is 411 g/mol. The van der Waals surface area contributed by atoms with Gasteiger partial charge in [0, 0.05) is 17.3 Å². The van der Waals surface area contributed by atoms with Crippen molar-refractivity contribution in [3.63, 3.8) is 0 Å². The lowest BCUT2D eigenvalue weighted by Crippen LogP contribution is -2.42. The maximum absolute atomic E-state index is 14.0. The Morgan fingerprint density at radius 3 is 2.61 bits per heavy atom. The molecule has 6 rings (SSSR count). The standard InChI is InChI=1S/C24H17N3O4/c25-12-15-4-3-5-16(26-15)13-27-19-7-2-1-6-17(19)24(23(27)28)14-31-20-11-22-21(10-18(20)24)29-8-9-30-22/h1-7,10-11H,8-9,13-14H2. The largest absolute Gasteiger partial charge is 0.491 e. The van der Waals surface area contributed by atoms with Gasteiger partial charge < -0.3 is 19.1 Å². The van der Waals surface area contributed by atoms with E-state index in [-0.39, 0.29) is 19.1 Å². The van der Waals surface area contributed by atoms with Crippen LogP contribution in [0.15, 0.2) is 54.6 Å². The van der Waals surface area contributed by atoms with Gasteiger partial charge in [-0.2, -0.15) is 5.26 Å². The van der Waals surface area contributed by atoms with Gasteiger partial charge in [0.1, 0.15) is 42.7 Å². The Hall–Kier alpha value is -4.05. The summed E-state index contributed by atoms with van der Waals surface area (Å²) in [6, 6.07) is 18.8. The highest BCUT2D eigenvalue weighted by molar-refractivity contribution is 6.11. The van der Waals surface area contributed by atoms with Crippen molar-refractivity contribution in [3.8, 4) is 23.3 Å². The first-order valence-corrected chi connectivity index (χ1v) is 10.0. The summed E-state index contributed by atoms with van der Waals surface area (Å²) in [5.74, 6) is 1.82. The molecule has 1 unspecified atom stereocenters. The van der Waals surface area contributed by atoms with Crippen LogP contribution in [-0.4, -0.2) is 30.7 Å².